The van der Waals surface area contributed by atoms with Gasteiger partial charge in [0.2, 0.25) is 5.89 Å². The Bertz CT molecular complexity index is 572. The third-order valence-electron chi connectivity index (χ3n) is 2.38. The summed E-state index contributed by atoms with van der Waals surface area (Å²) in [6.45, 7) is 5.68. The van der Waals surface area contributed by atoms with Gasteiger partial charge in [-0.05, 0) is 12.8 Å². The number of carbonyl (C=O) groups is 1. The van der Waals surface area contributed by atoms with Crippen LogP contribution in [0.5, 0.6) is 0 Å². The molecule has 8 heteroatoms. The van der Waals surface area contributed by atoms with Crippen LogP contribution in [0.3, 0.4) is 0 Å². The number of aromatic carboxylic acids is 1. The molecule has 0 saturated carbocycles. The highest BCUT2D eigenvalue weighted by molar-refractivity contribution is 5.86. The molecule has 0 aliphatic rings. The van der Waals surface area contributed by atoms with Crippen LogP contribution >= 0.6 is 0 Å². The third-order valence-corrected chi connectivity index (χ3v) is 2.38. The summed E-state index contributed by atoms with van der Waals surface area (Å²) in [5.74, 6) is -0.215. The smallest absolute Gasteiger partial charge is 0.358 e. The van der Waals surface area contributed by atoms with E-state index in [-0.39, 0.29) is 18.2 Å². The standard InChI is InChI=1S/C10H13N5O3/c1-5(2)9-8(10(16)17)12-14-15(9)4-7-11-6(3)13-18-7/h5H,4H2,1-3H3,(H,16,17). The van der Waals surface area contributed by atoms with Crippen LogP contribution in [0, 0.1) is 6.92 Å². The van der Waals surface area contributed by atoms with Crippen molar-refractivity contribution in [2.75, 3.05) is 0 Å². The summed E-state index contributed by atoms with van der Waals surface area (Å²) in [6.07, 6.45) is 0. The first-order valence-corrected chi connectivity index (χ1v) is 5.45. The highest BCUT2D eigenvalue weighted by Crippen LogP contribution is 2.18. The van der Waals surface area contributed by atoms with Crippen LogP contribution in [-0.4, -0.2) is 36.2 Å². The minimum Gasteiger partial charge on any atom is -0.476 e. The van der Waals surface area contributed by atoms with Crippen LogP contribution < -0.4 is 0 Å². The Kier molecular flexibility index (Phi) is 3.09. The zero-order chi connectivity index (χ0) is 13.3. The molecule has 2 heterocycles. The molecule has 0 bridgehead atoms. The fourth-order valence-electron chi connectivity index (χ4n) is 1.69. The maximum atomic E-state index is 11.0. The third kappa shape index (κ3) is 2.22. The second-order valence-corrected chi connectivity index (χ2v) is 4.18. The van der Waals surface area contributed by atoms with Crippen molar-refractivity contribution < 1.29 is 14.4 Å². The lowest BCUT2D eigenvalue weighted by molar-refractivity contribution is 0.0688. The van der Waals surface area contributed by atoms with Crippen LogP contribution in [0.2, 0.25) is 0 Å². The van der Waals surface area contributed by atoms with Crippen LogP contribution in [0.15, 0.2) is 4.52 Å². The van der Waals surface area contributed by atoms with Gasteiger partial charge in [-0.1, -0.05) is 24.2 Å². The maximum absolute atomic E-state index is 11.0. The second kappa shape index (κ2) is 4.55. The first kappa shape index (κ1) is 12.2. The number of hydrogen-bond acceptors (Lipinski definition) is 6. The molecule has 1 N–H and O–H groups in total. The lowest BCUT2D eigenvalue weighted by Crippen LogP contribution is -2.11. The molecule has 0 radical (unpaired) electrons. The van der Waals surface area contributed by atoms with E-state index >= 15 is 0 Å². The van der Waals surface area contributed by atoms with E-state index in [0.29, 0.717) is 17.4 Å². The molecule has 2 aromatic heterocycles. The maximum Gasteiger partial charge on any atom is 0.358 e. The van der Waals surface area contributed by atoms with Gasteiger partial charge in [0, 0.05) is 0 Å². The van der Waals surface area contributed by atoms with Crippen molar-refractivity contribution in [1.82, 2.24) is 25.1 Å². The Morgan fingerprint density at radius 3 is 2.72 bits per heavy atom. The van der Waals surface area contributed by atoms with Gasteiger partial charge in [0.25, 0.3) is 0 Å². The quantitative estimate of drug-likeness (QED) is 0.857. The van der Waals surface area contributed by atoms with E-state index < -0.39 is 5.97 Å². The van der Waals surface area contributed by atoms with Crippen LogP contribution in [0.25, 0.3) is 0 Å². The molecule has 0 saturated heterocycles. The average Bonchev–Trinajstić information content (AvgIpc) is 2.85. The predicted octanol–water partition coefficient (Wildman–Crippen LogP) is 0.839. The summed E-state index contributed by atoms with van der Waals surface area (Å²) in [6, 6.07) is 0. The summed E-state index contributed by atoms with van der Waals surface area (Å²) >= 11 is 0. The predicted molar refractivity (Wildman–Crippen MR) is 59.2 cm³/mol. The Labute approximate surface area is 103 Å². The minimum absolute atomic E-state index is 0.0184. The van der Waals surface area contributed by atoms with Crippen molar-refractivity contribution in [1.29, 1.82) is 0 Å². The molecule has 0 atom stereocenters. The summed E-state index contributed by atoms with van der Waals surface area (Å²) in [4.78, 5) is 15.1. The summed E-state index contributed by atoms with van der Waals surface area (Å²) in [7, 11) is 0. The molecule has 0 aromatic carbocycles. The zero-order valence-electron chi connectivity index (χ0n) is 10.3. The summed E-state index contributed by atoms with van der Waals surface area (Å²) in [5, 5.41) is 20.2. The number of rotatable bonds is 4. The Morgan fingerprint density at radius 1 is 1.50 bits per heavy atom. The van der Waals surface area contributed by atoms with Crippen LogP contribution in [-0.2, 0) is 6.54 Å². The molecule has 0 aliphatic carbocycles. The largest absolute Gasteiger partial charge is 0.476 e. The van der Waals surface area contributed by atoms with Gasteiger partial charge < -0.3 is 9.63 Å². The average molecular weight is 251 g/mol. The van der Waals surface area contributed by atoms with E-state index in [9.17, 15) is 4.79 Å². The highest BCUT2D eigenvalue weighted by Gasteiger charge is 2.22. The zero-order valence-corrected chi connectivity index (χ0v) is 10.3. The van der Waals surface area contributed by atoms with Crippen molar-refractivity contribution in [2.45, 2.75) is 33.2 Å². The van der Waals surface area contributed by atoms with Gasteiger partial charge in [-0.15, -0.1) is 5.10 Å². The molecule has 0 unspecified atom stereocenters. The van der Waals surface area contributed by atoms with Gasteiger partial charge in [-0.2, -0.15) is 4.98 Å². The number of aromatic nitrogens is 5. The van der Waals surface area contributed by atoms with Crippen molar-refractivity contribution in [2.24, 2.45) is 0 Å². The van der Waals surface area contributed by atoms with Gasteiger partial charge in [-0.25, -0.2) is 9.48 Å². The number of carboxylic acid groups (broad SMARTS) is 1. The number of carboxylic acids is 1. The fourth-order valence-corrected chi connectivity index (χ4v) is 1.69. The van der Waals surface area contributed by atoms with E-state index in [0.717, 1.165) is 0 Å². The molecule has 8 nitrogen and oxygen atoms in total. The topological polar surface area (TPSA) is 107 Å². The second-order valence-electron chi connectivity index (χ2n) is 4.18. The van der Waals surface area contributed by atoms with E-state index in [1.807, 2.05) is 13.8 Å². The fraction of sp³-hybridized carbons (Fsp3) is 0.500. The van der Waals surface area contributed by atoms with E-state index in [4.69, 9.17) is 9.63 Å². The lowest BCUT2D eigenvalue weighted by Gasteiger charge is -2.07. The Hall–Kier alpha value is -2.25. The molecule has 0 amide bonds. The number of hydrogen-bond donors (Lipinski definition) is 1. The molecule has 0 fully saturated rings. The molecule has 2 rings (SSSR count). The highest BCUT2D eigenvalue weighted by atomic mass is 16.5. The molecule has 0 spiro atoms. The summed E-state index contributed by atoms with van der Waals surface area (Å²) < 4.78 is 6.45. The lowest BCUT2D eigenvalue weighted by atomic mass is 10.1. The molecule has 18 heavy (non-hydrogen) atoms. The SMILES string of the molecule is Cc1noc(Cn2nnc(C(=O)O)c2C(C)C)n1. The number of aryl methyl sites for hydroxylation is 1. The van der Waals surface area contributed by atoms with Crippen LogP contribution in [0.1, 0.15) is 47.7 Å². The van der Waals surface area contributed by atoms with Crippen molar-refractivity contribution in [3.05, 3.63) is 23.1 Å². The van der Waals surface area contributed by atoms with E-state index in [1.54, 1.807) is 6.92 Å². The molecule has 2 aromatic rings. The van der Waals surface area contributed by atoms with Crippen molar-refractivity contribution >= 4 is 5.97 Å². The Balaban J connectivity index is 2.36. The molecular weight excluding hydrogens is 238 g/mol. The summed E-state index contributed by atoms with van der Waals surface area (Å²) in [5.41, 5.74) is 0.500. The van der Waals surface area contributed by atoms with Gasteiger partial charge in [0.1, 0.15) is 6.54 Å². The minimum atomic E-state index is -1.09. The normalized spacial score (nSPS) is 11.1. The molecule has 96 valence electrons. The Morgan fingerprint density at radius 2 is 2.22 bits per heavy atom. The van der Waals surface area contributed by atoms with E-state index in [2.05, 4.69) is 20.5 Å². The van der Waals surface area contributed by atoms with E-state index in [1.165, 1.54) is 4.68 Å². The van der Waals surface area contributed by atoms with Crippen molar-refractivity contribution in [3.63, 3.8) is 0 Å². The van der Waals surface area contributed by atoms with Gasteiger partial charge >= 0.3 is 5.97 Å². The molecule has 0 aliphatic heterocycles. The first-order chi connectivity index (χ1) is 8.49. The van der Waals surface area contributed by atoms with Gasteiger partial charge in [0.15, 0.2) is 11.5 Å². The van der Waals surface area contributed by atoms with Gasteiger partial charge in [-0.3, -0.25) is 0 Å². The monoisotopic (exact) mass is 251 g/mol. The van der Waals surface area contributed by atoms with Crippen LogP contribution in [0.4, 0.5) is 0 Å². The number of nitrogens with zero attached hydrogens (tertiary/aromatic N) is 5. The first-order valence-electron chi connectivity index (χ1n) is 5.45. The molecular formula is C10H13N5O3. The van der Waals surface area contributed by atoms with Gasteiger partial charge in [0.05, 0.1) is 5.69 Å². The van der Waals surface area contributed by atoms with Crippen molar-refractivity contribution in [3.8, 4) is 0 Å².